The first-order valence-corrected chi connectivity index (χ1v) is 9.30. The number of carbonyl (C=O) groups is 2. The molecular formula is C22H28N2O4. The molecule has 0 heterocycles. The largest absolute Gasteiger partial charge is 0.497 e. The van der Waals surface area contributed by atoms with E-state index in [9.17, 15) is 9.59 Å². The summed E-state index contributed by atoms with van der Waals surface area (Å²) in [5.74, 6) is 1.08. The van der Waals surface area contributed by atoms with Gasteiger partial charge < -0.3 is 20.1 Å². The quantitative estimate of drug-likeness (QED) is 0.649. The fraction of sp³-hybridized carbons (Fsp3) is 0.364. The van der Waals surface area contributed by atoms with E-state index in [2.05, 4.69) is 10.6 Å². The van der Waals surface area contributed by atoms with Crippen molar-refractivity contribution < 1.29 is 19.1 Å². The van der Waals surface area contributed by atoms with E-state index in [0.29, 0.717) is 19.4 Å². The molecule has 150 valence electrons. The Bertz CT molecular complexity index is 793. The van der Waals surface area contributed by atoms with Crippen molar-refractivity contribution in [2.75, 3.05) is 25.6 Å². The maximum Gasteiger partial charge on any atom is 0.243 e. The van der Waals surface area contributed by atoms with Crippen molar-refractivity contribution in [2.45, 2.75) is 33.6 Å². The highest BCUT2D eigenvalue weighted by atomic mass is 16.5. The Kier molecular flexibility index (Phi) is 7.87. The number of aryl methyl sites for hydroxylation is 3. The molecule has 0 atom stereocenters. The van der Waals surface area contributed by atoms with Crippen LogP contribution in [-0.4, -0.2) is 32.1 Å². The van der Waals surface area contributed by atoms with Gasteiger partial charge in [-0.3, -0.25) is 9.59 Å². The summed E-state index contributed by atoms with van der Waals surface area (Å²) in [5, 5.41) is 5.51. The third-order valence-electron chi connectivity index (χ3n) is 4.26. The molecule has 0 fully saturated rings. The predicted molar refractivity (Wildman–Crippen MR) is 110 cm³/mol. The van der Waals surface area contributed by atoms with Crippen LogP contribution < -0.4 is 20.1 Å². The van der Waals surface area contributed by atoms with Crippen LogP contribution in [0.4, 0.5) is 5.69 Å². The van der Waals surface area contributed by atoms with E-state index in [1.54, 1.807) is 7.11 Å². The number of benzene rings is 2. The minimum Gasteiger partial charge on any atom is -0.497 e. The van der Waals surface area contributed by atoms with Crippen LogP contribution in [0.2, 0.25) is 0 Å². The maximum atomic E-state index is 12.1. The molecule has 0 bridgehead atoms. The summed E-state index contributed by atoms with van der Waals surface area (Å²) in [7, 11) is 1.61. The van der Waals surface area contributed by atoms with E-state index >= 15 is 0 Å². The minimum atomic E-state index is -0.238. The molecule has 0 aromatic heterocycles. The van der Waals surface area contributed by atoms with Gasteiger partial charge in [-0.25, -0.2) is 0 Å². The zero-order chi connectivity index (χ0) is 20.5. The van der Waals surface area contributed by atoms with Gasteiger partial charge in [0.2, 0.25) is 11.8 Å². The molecule has 28 heavy (non-hydrogen) atoms. The summed E-state index contributed by atoms with van der Waals surface area (Å²) in [6, 6.07) is 11.3. The first-order valence-electron chi connectivity index (χ1n) is 9.30. The molecule has 0 aliphatic rings. The number of anilines is 1. The van der Waals surface area contributed by atoms with Crippen molar-refractivity contribution in [1.29, 1.82) is 0 Å². The van der Waals surface area contributed by atoms with E-state index in [1.165, 1.54) is 0 Å². The van der Waals surface area contributed by atoms with Gasteiger partial charge >= 0.3 is 0 Å². The second-order valence-electron chi connectivity index (χ2n) is 6.73. The number of methoxy groups -OCH3 is 1. The van der Waals surface area contributed by atoms with E-state index in [0.717, 1.165) is 33.9 Å². The Morgan fingerprint density at radius 1 is 0.929 bits per heavy atom. The van der Waals surface area contributed by atoms with Gasteiger partial charge in [-0.1, -0.05) is 17.7 Å². The molecule has 0 spiro atoms. The highest BCUT2D eigenvalue weighted by Gasteiger charge is 2.10. The first-order chi connectivity index (χ1) is 13.4. The van der Waals surface area contributed by atoms with Crippen molar-refractivity contribution in [2.24, 2.45) is 0 Å². The first kappa shape index (κ1) is 21.3. The van der Waals surface area contributed by atoms with Gasteiger partial charge in [-0.2, -0.15) is 0 Å². The van der Waals surface area contributed by atoms with Crippen molar-refractivity contribution in [3.05, 3.63) is 53.1 Å². The minimum absolute atomic E-state index is 0.0507. The van der Waals surface area contributed by atoms with Gasteiger partial charge in [0.1, 0.15) is 11.5 Å². The Labute approximate surface area is 166 Å². The molecule has 0 aliphatic heterocycles. The normalized spacial score (nSPS) is 10.3. The van der Waals surface area contributed by atoms with Crippen LogP contribution in [0.15, 0.2) is 36.4 Å². The van der Waals surface area contributed by atoms with Crippen molar-refractivity contribution in [1.82, 2.24) is 5.32 Å². The fourth-order valence-electron chi connectivity index (χ4n) is 2.92. The molecule has 0 radical (unpaired) electrons. The molecule has 2 amide bonds. The monoisotopic (exact) mass is 384 g/mol. The number of hydrogen-bond acceptors (Lipinski definition) is 4. The zero-order valence-corrected chi connectivity index (χ0v) is 16.9. The zero-order valence-electron chi connectivity index (χ0n) is 16.9. The molecule has 2 N–H and O–H groups in total. The highest BCUT2D eigenvalue weighted by molar-refractivity contribution is 5.95. The van der Waals surface area contributed by atoms with Crippen LogP contribution in [0.3, 0.4) is 0 Å². The van der Waals surface area contributed by atoms with Crippen LogP contribution >= 0.6 is 0 Å². The van der Waals surface area contributed by atoms with Crippen molar-refractivity contribution >= 4 is 17.5 Å². The summed E-state index contributed by atoms with van der Waals surface area (Å²) in [6.07, 6.45) is 0.863. The molecule has 0 saturated carbocycles. The molecule has 2 rings (SSSR count). The Morgan fingerprint density at radius 2 is 1.54 bits per heavy atom. The molecule has 0 saturated heterocycles. The van der Waals surface area contributed by atoms with Gasteiger partial charge in [-0.15, -0.1) is 0 Å². The van der Waals surface area contributed by atoms with Crippen LogP contribution in [0, 0.1) is 20.8 Å². The van der Waals surface area contributed by atoms with Crippen LogP contribution in [0.5, 0.6) is 11.5 Å². The fourth-order valence-corrected chi connectivity index (χ4v) is 2.92. The van der Waals surface area contributed by atoms with E-state index in [-0.39, 0.29) is 18.4 Å². The van der Waals surface area contributed by atoms with Gasteiger partial charge in [0, 0.05) is 12.1 Å². The molecule has 6 heteroatoms. The smallest absolute Gasteiger partial charge is 0.243 e. The van der Waals surface area contributed by atoms with Crippen molar-refractivity contribution in [3.8, 4) is 11.5 Å². The standard InChI is InChI=1S/C22H28N2O4/c1-15-12-16(2)22(17(3)13-15)24-21(26)14-23-20(25)6-5-11-28-19-9-7-18(27-4)8-10-19/h7-10,12-13H,5-6,11,14H2,1-4H3,(H,23,25)(H,24,26). The molecular weight excluding hydrogens is 356 g/mol. The average Bonchev–Trinajstić information content (AvgIpc) is 2.67. The van der Waals surface area contributed by atoms with E-state index in [4.69, 9.17) is 9.47 Å². The van der Waals surface area contributed by atoms with Crippen LogP contribution in [0.25, 0.3) is 0 Å². The third-order valence-corrected chi connectivity index (χ3v) is 4.26. The summed E-state index contributed by atoms with van der Waals surface area (Å²) >= 11 is 0. The van der Waals surface area contributed by atoms with Crippen LogP contribution in [0.1, 0.15) is 29.5 Å². The predicted octanol–water partition coefficient (Wildman–Crippen LogP) is 3.53. The number of amides is 2. The van der Waals surface area contributed by atoms with E-state index < -0.39 is 0 Å². The van der Waals surface area contributed by atoms with Crippen molar-refractivity contribution in [3.63, 3.8) is 0 Å². The SMILES string of the molecule is COc1ccc(OCCCC(=O)NCC(=O)Nc2c(C)cc(C)cc2C)cc1. The lowest BCUT2D eigenvalue weighted by Crippen LogP contribution is -2.33. The molecule has 6 nitrogen and oxygen atoms in total. The average molecular weight is 384 g/mol. The number of ether oxygens (including phenoxy) is 2. The maximum absolute atomic E-state index is 12.1. The Balaban J connectivity index is 1.67. The second-order valence-corrected chi connectivity index (χ2v) is 6.73. The van der Waals surface area contributed by atoms with Crippen LogP contribution in [-0.2, 0) is 9.59 Å². The lowest BCUT2D eigenvalue weighted by Gasteiger charge is -2.13. The number of hydrogen-bond donors (Lipinski definition) is 2. The molecule has 2 aromatic carbocycles. The highest BCUT2D eigenvalue weighted by Crippen LogP contribution is 2.21. The molecule has 0 unspecified atom stereocenters. The Morgan fingerprint density at radius 3 is 2.14 bits per heavy atom. The van der Waals surface area contributed by atoms with E-state index in [1.807, 2.05) is 57.2 Å². The topological polar surface area (TPSA) is 76.7 Å². The van der Waals surface area contributed by atoms with Gasteiger partial charge in [0.25, 0.3) is 0 Å². The number of nitrogens with one attached hydrogen (secondary N) is 2. The second kappa shape index (κ2) is 10.3. The third kappa shape index (κ3) is 6.61. The molecule has 2 aromatic rings. The Hall–Kier alpha value is -3.02. The molecule has 0 aliphatic carbocycles. The lowest BCUT2D eigenvalue weighted by molar-refractivity contribution is -0.124. The number of rotatable bonds is 9. The van der Waals surface area contributed by atoms with Gasteiger partial charge in [0.15, 0.2) is 0 Å². The summed E-state index contributed by atoms with van der Waals surface area (Å²) in [5.41, 5.74) is 3.97. The van der Waals surface area contributed by atoms with Gasteiger partial charge in [-0.05, 0) is 62.6 Å². The summed E-state index contributed by atoms with van der Waals surface area (Å²) in [4.78, 5) is 24.0. The summed E-state index contributed by atoms with van der Waals surface area (Å²) in [6.45, 7) is 6.30. The van der Waals surface area contributed by atoms with Gasteiger partial charge in [0.05, 0.1) is 20.3 Å². The summed E-state index contributed by atoms with van der Waals surface area (Å²) < 4.78 is 10.7. The number of carbonyl (C=O) groups excluding carboxylic acids is 2. The lowest BCUT2D eigenvalue weighted by atomic mass is 10.1.